The molecule has 1 heterocycles. The van der Waals surface area contributed by atoms with Crippen LogP contribution in [0.5, 0.6) is 0 Å². The SMILES string of the molecule is CCNC(=NCCOC1CCCCCC1)NC1CCN(C(=O)C2CCCC2)C1. The lowest BCUT2D eigenvalue weighted by molar-refractivity contribution is -0.134. The lowest BCUT2D eigenvalue weighted by Crippen LogP contribution is -2.45. The minimum Gasteiger partial charge on any atom is -0.376 e. The van der Waals surface area contributed by atoms with Gasteiger partial charge in [-0.2, -0.15) is 0 Å². The molecule has 0 spiro atoms. The van der Waals surface area contributed by atoms with E-state index in [0.29, 0.717) is 31.2 Å². The molecule has 3 aliphatic rings. The normalized spacial score (nSPS) is 25.1. The Bertz CT molecular complexity index is 497. The van der Waals surface area contributed by atoms with Crippen molar-refractivity contribution in [1.82, 2.24) is 15.5 Å². The molecule has 1 saturated heterocycles. The van der Waals surface area contributed by atoms with E-state index >= 15 is 0 Å². The van der Waals surface area contributed by atoms with E-state index in [1.807, 2.05) is 0 Å². The molecule has 1 aliphatic heterocycles. The van der Waals surface area contributed by atoms with E-state index in [0.717, 1.165) is 44.9 Å². The summed E-state index contributed by atoms with van der Waals surface area (Å²) in [7, 11) is 0. The highest BCUT2D eigenvalue weighted by molar-refractivity contribution is 5.81. The quantitative estimate of drug-likeness (QED) is 0.302. The highest BCUT2D eigenvalue weighted by Gasteiger charge is 2.32. The molecule has 1 unspecified atom stereocenters. The number of likely N-dealkylation sites (tertiary alicyclic amines) is 1. The van der Waals surface area contributed by atoms with Gasteiger partial charge in [0.05, 0.1) is 19.3 Å². The van der Waals surface area contributed by atoms with E-state index in [-0.39, 0.29) is 5.92 Å². The van der Waals surface area contributed by atoms with Crippen LogP contribution in [0.25, 0.3) is 0 Å². The van der Waals surface area contributed by atoms with Gasteiger partial charge in [0.1, 0.15) is 0 Å². The molecular formula is C22H40N4O2. The molecule has 3 rings (SSSR count). The topological polar surface area (TPSA) is 66.0 Å². The minimum absolute atomic E-state index is 0.279. The van der Waals surface area contributed by atoms with E-state index in [2.05, 4.69) is 22.5 Å². The Morgan fingerprint density at radius 2 is 1.75 bits per heavy atom. The van der Waals surface area contributed by atoms with Gasteiger partial charge >= 0.3 is 0 Å². The van der Waals surface area contributed by atoms with E-state index < -0.39 is 0 Å². The summed E-state index contributed by atoms with van der Waals surface area (Å²) in [6.45, 7) is 5.98. The molecule has 6 nitrogen and oxygen atoms in total. The zero-order chi connectivity index (χ0) is 19.6. The Morgan fingerprint density at radius 1 is 1.04 bits per heavy atom. The molecule has 2 aliphatic carbocycles. The van der Waals surface area contributed by atoms with Crippen molar-refractivity contribution in [3.05, 3.63) is 0 Å². The molecule has 0 aromatic carbocycles. The molecule has 0 radical (unpaired) electrons. The molecule has 0 aromatic heterocycles. The van der Waals surface area contributed by atoms with Crippen LogP contribution in [-0.2, 0) is 9.53 Å². The highest BCUT2D eigenvalue weighted by atomic mass is 16.5. The maximum atomic E-state index is 12.6. The summed E-state index contributed by atoms with van der Waals surface area (Å²) in [6.07, 6.45) is 13.7. The second-order valence-corrected chi connectivity index (χ2v) is 8.64. The number of carbonyl (C=O) groups is 1. The van der Waals surface area contributed by atoms with Gasteiger partial charge in [-0.25, -0.2) is 0 Å². The first-order valence-corrected chi connectivity index (χ1v) is 11.7. The van der Waals surface area contributed by atoms with Crippen molar-refractivity contribution < 1.29 is 9.53 Å². The second kappa shape index (κ2) is 11.6. The fraction of sp³-hybridized carbons (Fsp3) is 0.909. The number of amides is 1. The van der Waals surface area contributed by atoms with Gasteiger partial charge in [0, 0.05) is 31.6 Å². The van der Waals surface area contributed by atoms with Gasteiger partial charge in [-0.1, -0.05) is 38.5 Å². The summed E-state index contributed by atoms with van der Waals surface area (Å²) in [4.78, 5) is 19.4. The Labute approximate surface area is 170 Å². The first-order valence-electron chi connectivity index (χ1n) is 11.7. The third-order valence-electron chi connectivity index (χ3n) is 6.41. The fourth-order valence-corrected chi connectivity index (χ4v) is 4.81. The second-order valence-electron chi connectivity index (χ2n) is 8.64. The molecule has 28 heavy (non-hydrogen) atoms. The van der Waals surface area contributed by atoms with E-state index in [1.165, 1.54) is 51.4 Å². The van der Waals surface area contributed by atoms with Crippen LogP contribution in [0.1, 0.15) is 77.6 Å². The van der Waals surface area contributed by atoms with Crippen LogP contribution >= 0.6 is 0 Å². The molecule has 0 bridgehead atoms. The number of aliphatic imine (C=N–C) groups is 1. The molecule has 2 N–H and O–H groups in total. The lowest BCUT2D eigenvalue weighted by Gasteiger charge is -2.21. The predicted molar refractivity (Wildman–Crippen MR) is 113 cm³/mol. The minimum atomic E-state index is 0.279. The Balaban J connectivity index is 1.39. The van der Waals surface area contributed by atoms with Crippen LogP contribution in [0.15, 0.2) is 4.99 Å². The summed E-state index contributed by atoms with van der Waals surface area (Å²) in [5, 5.41) is 6.87. The number of carbonyl (C=O) groups excluding carboxylic acids is 1. The summed E-state index contributed by atoms with van der Waals surface area (Å²) < 4.78 is 6.05. The number of nitrogens with one attached hydrogen (secondary N) is 2. The summed E-state index contributed by atoms with van der Waals surface area (Å²) in [5.41, 5.74) is 0. The third kappa shape index (κ3) is 6.64. The third-order valence-corrected chi connectivity index (χ3v) is 6.41. The Kier molecular flexibility index (Phi) is 8.90. The van der Waals surface area contributed by atoms with Gasteiger partial charge in [-0.3, -0.25) is 9.79 Å². The van der Waals surface area contributed by atoms with Crippen molar-refractivity contribution in [2.75, 3.05) is 32.8 Å². The number of hydrogen-bond acceptors (Lipinski definition) is 3. The predicted octanol–water partition coefficient (Wildman–Crippen LogP) is 3.07. The smallest absolute Gasteiger partial charge is 0.225 e. The maximum Gasteiger partial charge on any atom is 0.225 e. The van der Waals surface area contributed by atoms with Gasteiger partial charge < -0.3 is 20.3 Å². The van der Waals surface area contributed by atoms with Crippen molar-refractivity contribution in [3.63, 3.8) is 0 Å². The Morgan fingerprint density at radius 3 is 2.46 bits per heavy atom. The van der Waals surface area contributed by atoms with Crippen LogP contribution in [-0.4, -0.2) is 61.7 Å². The molecule has 2 saturated carbocycles. The van der Waals surface area contributed by atoms with Crippen LogP contribution < -0.4 is 10.6 Å². The summed E-state index contributed by atoms with van der Waals surface area (Å²) in [5.74, 6) is 1.51. The van der Waals surface area contributed by atoms with Gasteiger partial charge in [0.2, 0.25) is 5.91 Å². The number of guanidine groups is 1. The largest absolute Gasteiger partial charge is 0.376 e. The van der Waals surface area contributed by atoms with Crippen LogP contribution in [0, 0.1) is 5.92 Å². The standard InChI is InChI=1S/C22H40N4O2/c1-2-23-22(24-14-16-28-20-11-5-3-4-6-12-20)25-19-13-15-26(17-19)21(27)18-9-7-8-10-18/h18-20H,2-17H2,1H3,(H2,23,24,25). The van der Waals surface area contributed by atoms with Crippen molar-refractivity contribution in [3.8, 4) is 0 Å². The monoisotopic (exact) mass is 392 g/mol. The number of hydrogen-bond donors (Lipinski definition) is 2. The molecule has 160 valence electrons. The first kappa shape index (κ1) is 21.4. The fourth-order valence-electron chi connectivity index (χ4n) is 4.81. The highest BCUT2D eigenvalue weighted by Crippen LogP contribution is 2.27. The first-order chi connectivity index (χ1) is 13.8. The molecule has 0 aromatic rings. The maximum absolute atomic E-state index is 12.6. The van der Waals surface area contributed by atoms with Gasteiger partial charge in [-0.15, -0.1) is 0 Å². The molecular weight excluding hydrogens is 352 g/mol. The van der Waals surface area contributed by atoms with Gasteiger partial charge in [0.25, 0.3) is 0 Å². The van der Waals surface area contributed by atoms with Crippen molar-refractivity contribution >= 4 is 11.9 Å². The van der Waals surface area contributed by atoms with Crippen molar-refractivity contribution in [1.29, 1.82) is 0 Å². The van der Waals surface area contributed by atoms with Crippen LogP contribution in [0.3, 0.4) is 0 Å². The van der Waals surface area contributed by atoms with E-state index in [1.54, 1.807) is 0 Å². The number of ether oxygens (including phenoxy) is 1. The van der Waals surface area contributed by atoms with Crippen LogP contribution in [0.4, 0.5) is 0 Å². The van der Waals surface area contributed by atoms with Gasteiger partial charge in [0.15, 0.2) is 5.96 Å². The van der Waals surface area contributed by atoms with E-state index in [4.69, 9.17) is 9.73 Å². The summed E-state index contributed by atoms with van der Waals surface area (Å²) >= 11 is 0. The zero-order valence-electron chi connectivity index (χ0n) is 17.8. The molecule has 1 amide bonds. The molecule has 1 atom stereocenters. The average Bonchev–Trinajstić information content (AvgIpc) is 3.33. The zero-order valence-corrected chi connectivity index (χ0v) is 17.8. The lowest BCUT2D eigenvalue weighted by atomic mass is 10.1. The molecule has 3 fully saturated rings. The molecule has 6 heteroatoms. The summed E-state index contributed by atoms with van der Waals surface area (Å²) in [6, 6.07) is 0.297. The van der Waals surface area contributed by atoms with Crippen molar-refractivity contribution in [2.24, 2.45) is 10.9 Å². The van der Waals surface area contributed by atoms with Crippen molar-refractivity contribution in [2.45, 2.75) is 89.7 Å². The average molecular weight is 393 g/mol. The van der Waals surface area contributed by atoms with E-state index in [9.17, 15) is 4.79 Å². The van der Waals surface area contributed by atoms with Crippen LogP contribution in [0.2, 0.25) is 0 Å². The number of nitrogens with zero attached hydrogens (tertiary/aromatic N) is 2. The van der Waals surface area contributed by atoms with Gasteiger partial charge in [-0.05, 0) is 39.0 Å². The number of rotatable bonds is 7. The Hall–Kier alpha value is -1.30.